The van der Waals surface area contributed by atoms with Gasteiger partial charge in [-0.1, -0.05) is 6.07 Å². The van der Waals surface area contributed by atoms with Gasteiger partial charge in [-0.05, 0) is 24.3 Å². The molecule has 0 bridgehead atoms. The molecule has 0 saturated carbocycles. The fraction of sp³-hybridized carbons (Fsp3) is 0.143. The molecule has 0 aliphatic heterocycles. The molecule has 0 fully saturated rings. The Kier molecular flexibility index (Phi) is 3.57. The summed E-state index contributed by atoms with van der Waals surface area (Å²) in [5.74, 6) is 1.40. The first-order valence-electron chi connectivity index (χ1n) is 6.29. The second-order valence-corrected chi connectivity index (χ2v) is 5.84. The van der Waals surface area contributed by atoms with Gasteiger partial charge in [0.2, 0.25) is 0 Å². The Balaban J connectivity index is 1.87. The number of nitrogens with zero attached hydrogens (tertiary/aromatic N) is 2. The average molecular weight is 302 g/mol. The van der Waals surface area contributed by atoms with E-state index in [0.29, 0.717) is 16.7 Å². The van der Waals surface area contributed by atoms with Crippen molar-refractivity contribution in [1.82, 2.24) is 15.0 Å². The molecule has 0 saturated heterocycles. The fourth-order valence-electron chi connectivity index (χ4n) is 1.98. The highest BCUT2D eigenvalue weighted by Gasteiger charge is 2.12. The summed E-state index contributed by atoms with van der Waals surface area (Å²) in [7, 11) is 0.290. The number of hydrogen-bond acceptors (Lipinski definition) is 5. The van der Waals surface area contributed by atoms with Crippen LogP contribution in [0.3, 0.4) is 0 Å². The predicted octanol–water partition coefficient (Wildman–Crippen LogP) is 1.86. The highest BCUT2D eigenvalue weighted by molar-refractivity contribution is 7.84. The monoisotopic (exact) mass is 302 g/mol. The number of aromatic amines is 1. The summed E-state index contributed by atoms with van der Waals surface area (Å²) in [4.78, 5) is 11.5. The molecule has 3 N–H and O–H groups in total. The van der Waals surface area contributed by atoms with E-state index in [9.17, 15) is 4.21 Å². The Morgan fingerprint density at radius 1 is 1.29 bits per heavy atom. The molecule has 0 spiro atoms. The molecule has 3 aromatic rings. The Bertz CT molecular complexity index is 816. The minimum absolute atomic E-state index is 0.266. The predicted molar refractivity (Wildman–Crippen MR) is 81.4 cm³/mol. The highest BCUT2D eigenvalue weighted by atomic mass is 32.2. The third-order valence-electron chi connectivity index (χ3n) is 2.99. The first-order valence-corrected chi connectivity index (χ1v) is 7.61. The van der Waals surface area contributed by atoms with E-state index in [1.54, 1.807) is 25.3 Å². The van der Waals surface area contributed by atoms with Crippen LogP contribution in [-0.2, 0) is 16.6 Å². The van der Waals surface area contributed by atoms with Crippen LogP contribution >= 0.6 is 0 Å². The van der Waals surface area contributed by atoms with Crippen LogP contribution in [0.25, 0.3) is 11.0 Å². The number of fused-ring (bicyclic) bond motifs is 1. The number of nitrogen functional groups attached to an aromatic ring is 1. The maximum Gasteiger partial charge on any atom is 0.197 e. The number of benzene rings is 1. The summed E-state index contributed by atoms with van der Waals surface area (Å²) < 4.78 is 17.5. The van der Waals surface area contributed by atoms with Gasteiger partial charge in [-0.3, -0.25) is 4.21 Å². The third kappa shape index (κ3) is 2.87. The Morgan fingerprint density at radius 3 is 2.90 bits per heavy atom. The van der Waals surface area contributed by atoms with Gasteiger partial charge in [-0.15, -0.1) is 0 Å². The second-order valence-electron chi connectivity index (χ2n) is 4.47. The molecule has 0 radical (unpaired) electrons. The van der Waals surface area contributed by atoms with Crippen LogP contribution in [0.15, 0.2) is 41.6 Å². The van der Waals surface area contributed by atoms with Gasteiger partial charge in [0.1, 0.15) is 11.6 Å². The van der Waals surface area contributed by atoms with E-state index < -0.39 is 10.8 Å². The number of H-pyrrole nitrogens is 1. The lowest BCUT2D eigenvalue weighted by atomic mass is 10.3. The van der Waals surface area contributed by atoms with Crippen molar-refractivity contribution in [2.24, 2.45) is 0 Å². The van der Waals surface area contributed by atoms with Gasteiger partial charge in [-0.25, -0.2) is 9.97 Å². The molecule has 3 rings (SSSR count). The maximum absolute atomic E-state index is 12.4. The van der Waals surface area contributed by atoms with Gasteiger partial charge in [0.05, 0.1) is 40.4 Å². The third-order valence-corrected chi connectivity index (χ3v) is 4.17. The highest BCUT2D eigenvalue weighted by Crippen LogP contribution is 2.20. The molecule has 1 atom stereocenters. The average Bonchev–Trinajstić information content (AvgIpc) is 2.90. The number of anilines is 1. The Labute approximate surface area is 123 Å². The van der Waals surface area contributed by atoms with Crippen molar-refractivity contribution in [3.05, 3.63) is 42.1 Å². The number of rotatable bonds is 4. The molecule has 1 aromatic carbocycles. The summed E-state index contributed by atoms with van der Waals surface area (Å²) >= 11 is 0. The molecular formula is C14H14N4O2S. The zero-order valence-corrected chi connectivity index (χ0v) is 12.2. The van der Waals surface area contributed by atoms with Crippen molar-refractivity contribution in [3.63, 3.8) is 0 Å². The number of ether oxygens (including phenoxy) is 1. The van der Waals surface area contributed by atoms with Gasteiger partial charge in [0, 0.05) is 6.07 Å². The number of nitrogens with one attached hydrogen (secondary N) is 1. The topological polar surface area (TPSA) is 93.9 Å². The Morgan fingerprint density at radius 2 is 2.14 bits per heavy atom. The molecule has 108 valence electrons. The number of nitrogens with two attached hydrogens (primary N) is 1. The van der Waals surface area contributed by atoms with Crippen molar-refractivity contribution < 1.29 is 8.95 Å². The van der Waals surface area contributed by atoms with Crippen molar-refractivity contribution in [3.8, 4) is 5.75 Å². The molecule has 1 unspecified atom stereocenters. The molecular weight excluding hydrogens is 288 g/mol. The molecule has 0 aliphatic carbocycles. The molecule has 7 heteroatoms. The lowest BCUT2D eigenvalue weighted by molar-refractivity contribution is 0.415. The van der Waals surface area contributed by atoms with Crippen LogP contribution in [0, 0.1) is 0 Å². The van der Waals surface area contributed by atoms with Crippen LogP contribution in [0.2, 0.25) is 0 Å². The van der Waals surface area contributed by atoms with Crippen LogP contribution in [0.5, 0.6) is 5.75 Å². The largest absolute Gasteiger partial charge is 0.497 e. The lowest BCUT2D eigenvalue weighted by Crippen LogP contribution is -2.02. The van der Waals surface area contributed by atoms with E-state index in [4.69, 9.17) is 10.5 Å². The summed E-state index contributed by atoms with van der Waals surface area (Å²) in [5, 5.41) is 0.419. The molecule has 0 aliphatic rings. The van der Waals surface area contributed by atoms with Crippen molar-refractivity contribution in [2.75, 3.05) is 12.8 Å². The molecule has 6 nitrogen and oxygen atoms in total. The normalized spacial score (nSPS) is 12.4. The van der Waals surface area contributed by atoms with Gasteiger partial charge in [0.25, 0.3) is 0 Å². The number of aromatic nitrogens is 3. The zero-order chi connectivity index (χ0) is 14.8. The number of hydrogen-bond donors (Lipinski definition) is 2. The first-order chi connectivity index (χ1) is 10.2. The van der Waals surface area contributed by atoms with Crippen LogP contribution in [-0.4, -0.2) is 26.3 Å². The van der Waals surface area contributed by atoms with E-state index in [-0.39, 0.29) is 5.75 Å². The molecule has 2 aromatic heterocycles. The minimum Gasteiger partial charge on any atom is -0.497 e. The smallest absolute Gasteiger partial charge is 0.197 e. The summed E-state index contributed by atoms with van der Waals surface area (Å²) in [5.41, 5.74) is 7.83. The molecule has 2 heterocycles. The SMILES string of the molecule is COc1ccc2nc(S(=O)Cc3cccc(N)n3)[nH]c2c1. The van der Waals surface area contributed by atoms with Gasteiger partial charge < -0.3 is 15.5 Å². The quantitative estimate of drug-likeness (QED) is 0.767. The summed E-state index contributed by atoms with van der Waals surface area (Å²) in [6.07, 6.45) is 0. The van der Waals surface area contributed by atoms with E-state index in [2.05, 4.69) is 15.0 Å². The maximum atomic E-state index is 12.4. The van der Waals surface area contributed by atoms with Crippen molar-refractivity contribution >= 4 is 27.7 Å². The lowest BCUT2D eigenvalue weighted by Gasteiger charge is -1.99. The van der Waals surface area contributed by atoms with E-state index >= 15 is 0 Å². The van der Waals surface area contributed by atoms with E-state index in [1.165, 1.54) is 0 Å². The number of pyridine rings is 1. The zero-order valence-electron chi connectivity index (χ0n) is 11.4. The van der Waals surface area contributed by atoms with Crippen LogP contribution in [0.1, 0.15) is 5.69 Å². The van der Waals surface area contributed by atoms with E-state index in [0.717, 1.165) is 16.8 Å². The van der Waals surface area contributed by atoms with Gasteiger partial charge >= 0.3 is 0 Å². The van der Waals surface area contributed by atoms with Gasteiger partial charge in [0.15, 0.2) is 5.16 Å². The molecule has 0 amide bonds. The minimum atomic E-state index is -1.31. The standard InChI is InChI=1S/C14H14N4O2S/c1-20-10-5-6-11-12(7-10)18-14(17-11)21(19)8-9-3-2-4-13(15)16-9/h2-7H,8H2,1H3,(H2,15,16)(H,17,18). The fourth-order valence-corrected chi connectivity index (χ4v) is 2.97. The van der Waals surface area contributed by atoms with Gasteiger partial charge in [-0.2, -0.15) is 0 Å². The van der Waals surface area contributed by atoms with Crippen molar-refractivity contribution in [1.29, 1.82) is 0 Å². The van der Waals surface area contributed by atoms with E-state index in [1.807, 2.05) is 18.2 Å². The van der Waals surface area contributed by atoms with Crippen LogP contribution in [0.4, 0.5) is 5.82 Å². The number of methoxy groups -OCH3 is 1. The Hall–Kier alpha value is -2.41. The molecule has 21 heavy (non-hydrogen) atoms. The van der Waals surface area contributed by atoms with Crippen LogP contribution < -0.4 is 10.5 Å². The first kappa shape index (κ1) is 13.6. The number of imidazole rings is 1. The van der Waals surface area contributed by atoms with Crippen molar-refractivity contribution in [2.45, 2.75) is 10.9 Å². The second kappa shape index (κ2) is 5.53. The summed E-state index contributed by atoms with van der Waals surface area (Å²) in [6.45, 7) is 0. The summed E-state index contributed by atoms with van der Waals surface area (Å²) in [6, 6.07) is 10.7.